The van der Waals surface area contributed by atoms with Crippen LogP contribution in [0.15, 0.2) is 35.2 Å². The van der Waals surface area contributed by atoms with E-state index in [4.69, 9.17) is 10.5 Å². The van der Waals surface area contributed by atoms with Gasteiger partial charge in [0.15, 0.2) is 6.61 Å². The first-order chi connectivity index (χ1) is 7.77. The van der Waals surface area contributed by atoms with Crippen molar-refractivity contribution in [2.45, 2.75) is 19.6 Å². The summed E-state index contributed by atoms with van der Waals surface area (Å²) in [6.07, 6.45) is 1.27. The van der Waals surface area contributed by atoms with E-state index >= 15 is 0 Å². The van der Waals surface area contributed by atoms with E-state index in [2.05, 4.69) is 14.7 Å². The van der Waals surface area contributed by atoms with Crippen LogP contribution in [0.4, 0.5) is 0 Å². The number of para-hydroxylation sites is 1. The largest absolute Gasteiger partial charge is 0.485 e. The van der Waals surface area contributed by atoms with Gasteiger partial charge in [0, 0.05) is 11.6 Å². The Morgan fingerprint density at radius 3 is 2.94 bits per heavy atom. The molecule has 0 fully saturated rings. The molecule has 0 saturated heterocycles. The highest BCUT2D eigenvalue weighted by molar-refractivity contribution is 5.35. The molecule has 16 heavy (non-hydrogen) atoms. The molecule has 0 spiro atoms. The van der Waals surface area contributed by atoms with Crippen LogP contribution in [0.25, 0.3) is 0 Å². The standard InChI is InChI=1S/C11H13N3O2/c1-8(12)9-4-2-3-5-10(9)15-6-11-13-7-16-14-11/h2-5,7-8H,6,12H2,1H3/t8-/m0/s1. The van der Waals surface area contributed by atoms with Gasteiger partial charge in [-0.15, -0.1) is 0 Å². The van der Waals surface area contributed by atoms with Crippen LogP contribution < -0.4 is 10.5 Å². The molecule has 2 aromatic rings. The van der Waals surface area contributed by atoms with E-state index in [1.54, 1.807) is 0 Å². The molecule has 5 heteroatoms. The Hall–Kier alpha value is -1.88. The van der Waals surface area contributed by atoms with Crippen molar-refractivity contribution < 1.29 is 9.26 Å². The minimum absolute atomic E-state index is 0.0681. The minimum Gasteiger partial charge on any atom is -0.485 e. The number of hydrogen-bond donors (Lipinski definition) is 1. The molecule has 0 amide bonds. The number of nitrogens with two attached hydrogens (primary N) is 1. The molecule has 0 aliphatic carbocycles. The zero-order chi connectivity index (χ0) is 11.4. The Bertz CT molecular complexity index is 440. The molecule has 1 atom stereocenters. The van der Waals surface area contributed by atoms with Crippen LogP contribution >= 0.6 is 0 Å². The zero-order valence-corrected chi connectivity index (χ0v) is 8.96. The van der Waals surface area contributed by atoms with E-state index in [9.17, 15) is 0 Å². The van der Waals surface area contributed by atoms with Gasteiger partial charge in [0.1, 0.15) is 5.75 Å². The van der Waals surface area contributed by atoms with Crippen molar-refractivity contribution in [1.29, 1.82) is 0 Å². The van der Waals surface area contributed by atoms with E-state index in [1.165, 1.54) is 6.39 Å². The van der Waals surface area contributed by atoms with Gasteiger partial charge in [0.05, 0.1) is 0 Å². The van der Waals surface area contributed by atoms with Crippen molar-refractivity contribution in [3.63, 3.8) is 0 Å². The molecular formula is C11H13N3O2. The molecule has 2 N–H and O–H groups in total. The van der Waals surface area contributed by atoms with Gasteiger partial charge in [-0.3, -0.25) is 0 Å². The Morgan fingerprint density at radius 2 is 2.25 bits per heavy atom. The van der Waals surface area contributed by atoms with Crippen LogP contribution in [0.3, 0.4) is 0 Å². The average molecular weight is 219 g/mol. The quantitative estimate of drug-likeness (QED) is 0.846. The highest BCUT2D eigenvalue weighted by Gasteiger charge is 2.08. The van der Waals surface area contributed by atoms with E-state index < -0.39 is 0 Å². The van der Waals surface area contributed by atoms with Gasteiger partial charge in [0.2, 0.25) is 12.2 Å². The van der Waals surface area contributed by atoms with Gasteiger partial charge in [-0.05, 0) is 13.0 Å². The van der Waals surface area contributed by atoms with Crippen molar-refractivity contribution in [3.8, 4) is 5.75 Å². The van der Waals surface area contributed by atoms with E-state index in [0.717, 1.165) is 11.3 Å². The van der Waals surface area contributed by atoms with Gasteiger partial charge in [0.25, 0.3) is 0 Å². The molecular weight excluding hydrogens is 206 g/mol. The SMILES string of the molecule is C[C@H](N)c1ccccc1OCc1ncon1. The van der Waals surface area contributed by atoms with Gasteiger partial charge in [-0.1, -0.05) is 23.4 Å². The summed E-state index contributed by atoms with van der Waals surface area (Å²) >= 11 is 0. The fraction of sp³-hybridized carbons (Fsp3) is 0.273. The third kappa shape index (κ3) is 2.38. The topological polar surface area (TPSA) is 74.2 Å². The number of rotatable bonds is 4. The summed E-state index contributed by atoms with van der Waals surface area (Å²) in [7, 11) is 0. The lowest BCUT2D eigenvalue weighted by Gasteiger charge is -2.12. The minimum atomic E-state index is -0.0681. The van der Waals surface area contributed by atoms with Crippen LogP contribution in [-0.2, 0) is 6.61 Å². The highest BCUT2D eigenvalue weighted by atomic mass is 16.5. The number of aromatic nitrogens is 2. The highest BCUT2D eigenvalue weighted by Crippen LogP contribution is 2.23. The fourth-order valence-corrected chi connectivity index (χ4v) is 1.39. The summed E-state index contributed by atoms with van der Waals surface area (Å²) in [4.78, 5) is 3.87. The molecule has 84 valence electrons. The summed E-state index contributed by atoms with van der Waals surface area (Å²) in [5, 5.41) is 3.66. The second kappa shape index (κ2) is 4.76. The van der Waals surface area contributed by atoms with Gasteiger partial charge >= 0.3 is 0 Å². The first kappa shape index (κ1) is 10.6. The summed E-state index contributed by atoms with van der Waals surface area (Å²) in [6.45, 7) is 2.19. The Balaban J connectivity index is 2.09. The second-order valence-electron chi connectivity index (χ2n) is 3.46. The van der Waals surface area contributed by atoms with E-state index in [1.807, 2.05) is 31.2 Å². The maximum Gasteiger partial charge on any atom is 0.213 e. The number of benzene rings is 1. The smallest absolute Gasteiger partial charge is 0.213 e. The third-order valence-corrected chi connectivity index (χ3v) is 2.17. The number of nitrogens with zero attached hydrogens (tertiary/aromatic N) is 2. The van der Waals surface area contributed by atoms with Crippen LogP contribution in [0.2, 0.25) is 0 Å². The third-order valence-electron chi connectivity index (χ3n) is 2.17. The molecule has 5 nitrogen and oxygen atoms in total. The lowest BCUT2D eigenvalue weighted by molar-refractivity contribution is 0.282. The first-order valence-electron chi connectivity index (χ1n) is 5.00. The van der Waals surface area contributed by atoms with Crippen LogP contribution in [-0.4, -0.2) is 10.1 Å². The number of ether oxygens (including phenoxy) is 1. The molecule has 0 radical (unpaired) electrons. The van der Waals surface area contributed by atoms with Gasteiger partial charge in [-0.2, -0.15) is 4.98 Å². The van der Waals surface area contributed by atoms with Crippen LogP contribution in [0.1, 0.15) is 24.4 Å². The van der Waals surface area contributed by atoms with Crippen molar-refractivity contribution in [1.82, 2.24) is 10.1 Å². The molecule has 1 heterocycles. The lowest BCUT2D eigenvalue weighted by Crippen LogP contribution is -2.08. The maximum atomic E-state index is 5.83. The van der Waals surface area contributed by atoms with E-state index in [0.29, 0.717) is 5.82 Å². The van der Waals surface area contributed by atoms with Crippen molar-refractivity contribution in [2.24, 2.45) is 5.73 Å². The molecule has 0 unspecified atom stereocenters. The predicted octanol–water partition coefficient (Wildman–Crippen LogP) is 1.67. The van der Waals surface area contributed by atoms with Crippen molar-refractivity contribution in [3.05, 3.63) is 42.0 Å². The normalized spacial score (nSPS) is 12.4. The monoisotopic (exact) mass is 219 g/mol. The van der Waals surface area contributed by atoms with Crippen molar-refractivity contribution in [2.75, 3.05) is 0 Å². The molecule has 0 saturated carbocycles. The summed E-state index contributed by atoms with van der Waals surface area (Å²) in [6, 6.07) is 7.58. The molecule has 2 rings (SSSR count). The first-order valence-corrected chi connectivity index (χ1v) is 5.00. The second-order valence-corrected chi connectivity index (χ2v) is 3.46. The molecule has 0 aliphatic rings. The van der Waals surface area contributed by atoms with Gasteiger partial charge < -0.3 is 15.0 Å². The lowest BCUT2D eigenvalue weighted by atomic mass is 10.1. The maximum absolute atomic E-state index is 5.83. The fourth-order valence-electron chi connectivity index (χ4n) is 1.39. The van der Waals surface area contributed by atoms with Crippen molar-refractivity contribution >= 4 is 0 Å². The van der Waals surface area contributed by atoms with E-state index in [-0.39, 0.29) is 12.6 Å². The van der Waals surface area contributed by atoms with Crippen LogP contribution in [0, 0.1) is 0 Å². The summed E-state index contributed by atoms with van der Waals surface area (Å²) in [5.74, 6) is 1.27. The Labute approximate surface area is 93.2 Å². The molecule has 0 aliphatic heterocycles. The predicted molar refractivity (Wildman–Crippen MR) is 57.7 cm³/mol. The molecule has 1 aromatic heterocycles. The summed E-state index contributed by atoms with van der Waals surface area (Å²) < 4.78 is 10.2. The Morgan fingerprint density at radius 1 is 1.44 bits per heavy atom. The van der Waals surface area contributed by atoms with Gasteiger partial charge in [-0.25, -0.2) is 0 Å². The van der Waals surface area contributed by atoms with Crippen LogP contribution in [0.5, 0.6) is 5.75 Å². The zero-order valence-electron chi connectivity index (χ0n) is 8.96. The Kier molecular flexibility index (Phi) is 3.16. The molecule has 0 bridgehead atoms. The molecule has 1 aromatic carbocycles. The summed E-state index contributed by atoms with van der Waals surface area (Å²) in [5.41, 5.74) is 6.80. The average Bonchev–Trinajstić information content (AvgIpc) is 2.79. The number of hydrogen-bond acceptors (Lipinski definition) is 5.